The van der Waals surface area contributed by atoms with Crippen LogP contribution in [0.3, 0.4) is 0 Å². The van der Waals surface area contributed by atoms with Gasteiger partial charge in [-0.1, -0.05) is 26.0 Å². The molecule has 1 aromatic carbocycles. The summed E-state index contributed by atoms with van der Waals surface area (Å²) in [5.41, 5.74) is 1.15. The minimum Gasteiger partial charge on any atom is -0.491 e. The first-order chi connectivity index (χ1) is 8.46. The van der Waals surface area contributed by atoms with Crippen molar-refractivity contribution in [2.75, 3.05) is 13.2 Å². The van der Waals surface area contributed by atoms with Gasteiger partial charge in [0.2, 0.25) is 0 Å². The van der Waals surface area contributed by atoms with Gasteiger partial charge in [0.1, 0.15) is 5.75 Å². The summed E-state index contributed by atoms with van der Waals surface area (Å²) >= 11 is 0. The monoisotopic (exact) mass is 250 g/mol. The van der Waals surface area contributed by atoms with Gasteiger partial charge in [-0.3, -0.25) is 0 Å². The molecule has 0 atom stereocenters. The Bertz CT molecular complexity index is 371. The third-order valence-corrected chi connectivity index (χ3v) is 2.77. The number of hydrogen-bond acceptors (Lipinski definition) is 3. The van der Waals surface area contributed by atoms with E-state index in [0.29, 0.717) is 0 Å². The molecule has 1 heterocycles. The van der Waals surface area contributed by atoms with Gasteiger partial charge in [0.25, 0.3) is 0 Å². The second-order valence-electron chi connectivity index (χ2n) is 5.85. The van der Waals surface area contributed by atoms with Crippen LogP contribution in [0, 0.1) is 5.41 Å². The SMILES string of the molecule is CC(C)Oc1ccc(C2OCC(C)(C)CO2)cc1. The van der Waals surface area contributed by atoms with Crippen molar-refractivity contribution in [3.8, 4) is 5.75 Å². The van der Waals surface area contributed by atoms with E-state index in [9.17, 15) is 0 Å². The van der Waals surface area contributed by atoms with E-state index >= 15 is 0 Å². The van der Waals surface area contributed by atoms with Crippen LogP contribution in [0.4, 0.5) is 0 Å². The Morgan fingerprint density at radius 1 is 1.11 bits per heavy atom. The van der Waals surface area contributed by atoms with Crippen LogP contribution in [0.2, 0.25) is 0 Å². The molecular formula is C15H22O3. The van der Waals surface area contributed by atoms with E-state index < -0.39 is 0 Å². The predicted octanol–water partition coefficient (Wildman–Crippen LogP) is 3.55. The normalized spacial score (nSPS) is 20.1. The third kappa shape index (κ3) is 3.47. The predicted molar refractivity (Wildman–Crippen MR) is 70.6 cm³/mol. The van der Waals surface area contributed by atoms with Crippen LogP contribution >= 0.6 is 0 Å². The molecule has 100 valence electrons. The molecule has 0 aliphatic carbocycles. The summed E-state index contributed by atoms with van der Waals surface area (Å²) in [6, 6.07) is 7.92. The fourth-order valence-corrected chi connectivity index (χ4v) is 1.86. The molecule has 18 heavy (non-hydrogen) atoms. The van der Waals surface area contributed by atoms with E-state index in [0.717, 1.165) is 24.5 Å². The van der Waals surface area contributed by atoms with E-state index in [4.69, 9.17) is 14.2 Å². The van der Waals surface area contributed by atoms with Gasteiger partial charge in [0.15, 0.2) is 6.29 Å². The summed E-state index contributed by atoms with van der Waals surface area (Å²) < 4.78 is 17.1. The van der Waals surface area contributed by atoms with Crippen molar-refractivity contribution in [1.82, 2.24) is 0 Å². The molecule has 0 spiro atoms. The second-order valence-corrected chi connectivity index (χ2v) is 5.85. The first kappa shape index (κ1) is 13.4. The summed E-state index contributed by atoms with van der Waals surface area (Å²) in [7, 11) is 0. The van der Waals surface area contributed by atoms with Gasteiger partial charge in [0, 0.05) is 11.0 Å². The molecule has 3 heteroatoms. The molecule has 0 radical (unpaired) electrons. The third-order valence-electron chi connectivity index (χ3n) is 2.77. The molecule has 1 aliphatic rings. The Labute approximate surface area is 109 Å². The minimum absolute atomic E-state index is 0.108. The van der Waals surface area contributed by atoms with Crippen molar-refractivity contribution in [2.45, 2.75) is 40.1 Å². The average Bonchev–Trinajstić information content (AvgIpc) is 2.30. The molecule has 0 saturated carbocycles. The van der Waals surface area contributed by atoms with Crippen molar-refractivity contribution in [3.05, 3.63) is 29.8 Å². The van der Waals surface area contributed by atoms with E-state index in [1.165, 1.54) is 0 Å². The lowest BCUT2D eigenvalue weighted by Crippen LogP contribution is -2.33. The first-order valence-corrected chi connectivity index (χ1v) is 6.46. The molecule has 0 unspecified atom stereocenters. The van der Waals surface area contributed by atoms with Gasteiger partial charge in [0.05, 0.1) is 19.3 Å². The highest BCUT2D eigenvalue weighted by atomic mass is 16.7. The van der Waals surface area contributed by atoms with Crippen molar-refractivity contribution in [2.24, 2.45) is 5.41 Å². The van der Waals surface area contributed by atoms with Crippen LogP contribution in [0.5, 0.6) is 5.75 Å². The molecular weight excluding hydrogens is 228 g/mol. The zero-order valence-corrected chi connectivity index (χ0v) is 11.6. The van der Waals surface area contributed by atoms with Gasteiger partial charge in [-0.15, -0.1) is 0 Å². The lowest BCUT2D eigenvalue weighted by Gasteiger charge is -2.34. The van der Waals surface area contributed by atoms with Crippen molar-refractivity contribution in [1.29, 1.82) is 0 Å². The Hall–Kier alpha value is -1.06. The van der Waals surface area contributed by atoms with Crippen molar-refractivity contribution in [3.63, 3.8) is 0 Å². The number of rotatable bonds is 3. The van der Waals surface area contributed by atoms with E-state index in [-0.39, 0.29) is 17.8 Å². The maximum atomic E-state index is 5.74. The lowest BCUT2D eigenvalue weighted by molar-refractivity contribution is -0.226. The maximum Gasteiger partial charge on any atom is 0.183 e. The lowest BCUT2D eigenvalue weighted by atomic mass is 9.95. The van der Waals surface area contributed by atoms with Gasteiger partial charge in [-0.25, -0.2) is 0 Å². The van der Waals surface area contributed by atoms with Crippen LogP contribution in [0.1, 0.15) is 39.5 Å². The highest BCUT2D eigenvalue weighted by molar-refractivity contribution is 5.28. The zero-order chi connectivity index (χ0) is 13.2. The van der Waals surface area contributed by atoms with Crippen LogP contribution < -0.4 is 4.74 Å². The first-order valence-electron chi connectivity index (χ1n) is 6.46. The molecule has 3 nitrogen and oxygen atoms in total. The molecule has 0 bridgehead atoms. The molecule has 1 saturated heterocycles. The Kier molecular flexibility index (Phi) is 3.93. The molecule has 0 N–H and O–H groups in total. The molecule has 1 aliphatic heterocycles. The van der Waals surface area contributed by atoms with Crippen molar-refractivity contribution < 1.29 is 14.2 Å². The Balaban J connectivity index is 1.98. The van der Waals surface area contributed by atoms with E-state index in [2.05, 4.69) is 13.8 Å². The van der Waals surface area contributed by atoms with Gasteiger partial charge < -0.3 is 14.2 Å². The Morgan fingerprint density at radius 2 is 1.67 bits per heavy atom. The van der Waals surface area contributed by atoms with Gasteiger partial charge in [-0.05, 0) is 26.0 Å². The maximum absolute atomic E-state index is 5.74. The second kappa shape index (κ2) is 5.29. The zero-order valence-electron chi connectivity index (χ0n) is 11.6. The highest BCUT2D eigenvalue weighted by Crippen LogP contribution is 2.31. The molecule has 0 amide bonds. The Morgan fingerprint density at radius 3 is 2.17 bits per heavy atom. The van der Waals surface area contributed by atoms with Gasteiger partial charge >= 0.3 is 0 Å². The van der Waals surface area contributed by atoms with E-state index in [1.807, 2.05) is 38.1 Å². The highest BCUT2D eigenvalue weighted by Gasteiger charge is 2.29. The smallest absolute Gasteiger partial charge is 0.183 e. The topological polar surface area (TPSA) is 27.7 Å². The van der Waals surface area contributed by atoms with Gasteiger partial charge in [-0.2, -0.15) is 0 Å². The van der Waals surface area contributed by atoms with Crippen LogP contribution in [0.25, 0.3) is 0 Å². The fourth-order valence-electron chi connectivity index (χ4n) is 1.86. The average molecular weight is 250 g/mol. The number of ether oxygens (including phenoxy) is 3. The summed E-state index contributed by atoms with van der Waals surface area (Å²) in [6.45, 7) is 9.77. The largest absolute Gasteiger partial charge is 0.491 e. The van der Waals surface area contributed by atoms with Crippen molar-refractivity contribution >= 4 is 0 Å². The summed E-state index contributed by atoms with van der Waals surface area (Å²) in [5, 5.41) is 0. The summed E-state index contributed by atoms with van der Waals surface area (Å²) in [4.78, 5) is 0. The van der Waals surface area contributed by atoms with E-state index in [1.54, 1.807) is 0 Å². The quantitative estimate of drug-likeness (QED) is 0.821. The van der Waals surface area contributed by atoms with Crippen LogP contribution in [-0.4, -0.2) is 19.3 Å². The number of benzene rings is 1. The molecule has 1 aromatic rings. The number of hydrogen-bond donors (Lipinski definition) is 0. The molecule has 2 rings (SSSR count). The summed E-state index contributed by atoms with van der Waals surface area (Å²) in [5.74, 6) is 0.880. The standard InChI is InChI=1S/C15H22O3/c1-11(2)18-13-7-5-12(6-8-13)14-16-9-15(3,4)10-17-14/h5-8,11,14H,9-10H2,1-4H3. The summed E-state index contributed by atoms with van der Waals surface area (Å²) in [6.07, 6.45) is -0.0510. The van der Waals surface area contributed by atoms with Crippen LogP contribution in [-0.2, 0) is 9.47 Å². The molecule has 1 fully saturated rings. The van der Waals surface area contributed by atoms with Crippen LogP contribution in [0.15, 0.2) is 24.3 Å². The molecule has 0 aromatic heterocycles. The fraction of sp³-hybridized carbons (Fsp3) is 0.600. The minimum atomic E-state index is -0.244.